The number of rotatable bonds is 8. The van der Waals surface area contributed by atoms with Crippen LogP contribution in [0.2, 0.25) is 0 Å². The zero-order chi connectivity index (χ0) is 19.2. The van der Waals surface area contributed by atoms with E-state index < -0.39 is 0 Å². The van der Waals surface area contributed by atoms with Crippen molar-refractivity contribution in [3.8, 4) is 0 Å². The lowest BCUT2D eigenvalue weighted by Crippen LogP contribution is -2.39. The Bertz CT molecular complexity index is 948. The summed E-state index contributed by atoms with van der Waals surface area (Å²) < 4.78 is 10.6. The fourth-order valence-electron chi connectivity index (χ4n) is 3.11. The number of nitrogens with one attached hydrogen (secondary N) is 1. The summed E-state index contributed by atoms with van der Waals surface area (Å²) in [5, 5.41) is 5.90. The lowest BCUT2D eigenvalue weighted by Gasteiger charge is -2.16. The first-order chi connectivity index (χ1) is 13.1. The number of ether oxygens (including phenoxy) is 1. The minimum atomic E-state index is -0.176. The van der Waals surface area contributed by atoms with Crippen molar-refractivity contribution in [1.82, 2.24) is 10.2 Å². The van der Waals surface area contributed by atoms with Crippen molar-refractivity contribution in [3.05, 3.63) is 48.2 Å². The van der Waals surface area contributed by atoms with Crippen LogP contribution in [0, 0.1) is 0 Å². The smallest absolute Gasteiger partial charge is 0.239 e. The summed E-state index contributed by atoms with van der Waals surface area (Å²) in [4.78, 5) is 26.0. The molecule has 0 spiro atoms. The summed E-state index contributed by atoms with van der Waals surface area (Å²) in [6, 6.07) is 11.9. The van der Waals surface area contributed by atoms with Crippen LogP contribution in [0.4, 0.5) is 0 Å². The van der Waals surface area contributed by atoms with Crippen LogP contribution in [0.5, 0.6) is 0 Å². The molecule has 1 N–H and O–H groups in total. The maximum Gasteiger partial charge on any atom is 0.239 e. The highest BCUT2D eigenvalue weighted by Crippen LogP contribution is 2.30. The lowest BCUT2D eigenvalue weighted by molar-refractivity contribution is -0.134. The number of carbonyl (C=O) groups is 2. The van der Waals surface area contributed by atoms with E-state index in [1.165, 1.54) is 4.90 Å². The summed E-state index contributed by atoms with van der Waals surface area (Å²) in [6.07, 6.45) is 2.57. The third-order valence-corrected chi connectivity index (χ3v) is 4.54. The number of furan rings is 1. The minimum absolute atomic E-state index is 0.0301. The molecule has 0 bridgehead atoms. The number of carbonyl (C=O) groups excluding carboxylic acids is 2. The van der Waals surface area contributed by atoms with Gasteiger partial charge in [-0.25, -0.2) is 0 Å². The van der Waals surface area contributed by atoms with Crippen LogP contribution in [0.3, 0.4) is 0 Å². The Balaban J connectivity index is 1.67. The average molecular weight is 368 g/mol. The maximum atomic E-state index is 12.6. The zero-order valence-corrected chi connectivity index (χ0v) is 15.7. The van der Waals surface area contributed by atoms with Crippen LogP contribution in [-0.4, -0.2) is 50.6 Å². The molecule has 27 heavy (non-hydrogen) atoms. The molecule has 0 saturated heterocycles. The Hall–Kier alpha value is -2.86. The van der Waals surface area contributed by atoms with Gasteiger partial charge in [0.1, 0.15) is 5.58 Å². The second-order valence-electron chi connectivity index (χ2n) is 6.54. The van der Waals surface area contributed by atoms with Gasteiger partial charge in [-0.2, -0.15) is 0 Å². The van der Waals surface area contributed by atoms with E-state index in [0.717, 1.165) is 33.7 Å². The first kappa shape index (κ1) is 18.9. The van der Waals surface area contributed by atoms with Crippen molar-refractivity contribution in [2.75, 3.05) is 33.9 Å². The summed E-state index contributed by atoms with van der Waals surface area (Å²) in [6.45, 7) is 1.16. The molecule has 0 aliphatic carbocycles. The van der Waals surface area contributed by atoms with E-state index in [9.17, 15) is 9.59 Å². The molecule has 0 radical (unpaired) electrons. The highest BCUT2D eigenvalue weighted by molar-refractivity contribution is 6.08. The minimum Gasteiger partial charge on any atom is -0.464 e. The molecule has 0 aliphatic heterocycles. The predicted molar refractivity (Wildman–Crippen MR) is 105 cm³/mol. The maximum absolute atomic E-state index is 12.6. The predicted octanol–water partition coefficient (Wildman–Crippen LogP) is 2.74. The van der Waals surface area contributed by atoms with Gasteiger partial charge >= 0.3 is 0 Å². The molecule has 2 aromatic carbocycles. The highest BCUT2D eigenvalue weighted by atomic mass is 16.5. The van der Waals surface area contributed by atoms with Crippen LogP contribution in [0.25, 0.3) is 21.7 Å². The number of nitrogens with zero attached hydrogens (tertiary/aromatic N) is 1. The van der Waals surface area contributed by atoms with E-state index in [1.807, 2.05) is 36.4 Å². The molecule has 6 nitrogen and oxygen atoms in total. The van der Waals surface area contributed by atoms with Crippen LogP contribution < -0.4 is 5.32 Å². The van der Waals surface area contributed by atoms with Crippen molar-refractivity contribution in [1.29, 1.82) is 0 Å². The van der Waals surface area contributed by atoms with Gasteiger partial charge in [0.2, 0.25) is 11.8 Å². The highest BCUT2D eigenvalue weighted by Gasteiger charge is 2.17. The van der Waals surface area contributed by atoms with E-state index in [0.29, 0.717) is 13.2 Å². The standard InChI is InChI=1S/C21H24N2O4/c1-23(13-19(24)22-10-5-11-26-2)20(25)12-16-14-27-18-9-8-15-6-3-4-7-17(15)21(16)18/h3-4,6-9,14H,5,10-13H2,1-2H3,(H,22,24). The van der Waals surface area contributed by atoms with E-state index in [1.54, 1.807) is 20.4 Å². The van der Waals surface area contributed by atoms with Gasteiger partial charge in [-0.05, 0) is 23.3 Å². The summed E-state index contributed by atoms with van der Waals surface area (Å²) in [7, 11) is 3.26. The number of fused-ring (bicyclic) bond motifs is 3. The van der Waals surface area contributed by atoms with E-state index in [2.05, 4.69) is 5.32 Å². The van der Waals surface area contributed by atoms with Crippen molar-refractivity contribution >= 4 is 33.6 Å². The molecule has 0 aliphatic rings. The Morgan fingerprint density at radius 2 is 2.00 bits per heavy atom. The molecule has 3 aromatic rings. The fourth-order valence-corrected chi connectivity index (χ4v) is 3.11. The Morgan fingerprint density at radius 3 is 2.81 bits per heavy atom. The van der Waals surface area contributed by atoms with Gasteiger partial charge in [0.05, 0.1) is 19.2 Å². The number of hydrogen-bond acceptors (Lipinski definition) is 4. The molecule has 3 rings (SSSR count). The molecule has 0 atom stereocenters. The Labute approximate surface area is 158 Å². The fraction of sp³-hybridized carbons (Fsp3) is 0.333. The SMILES string of the molecule is COCCCNC(=O)CN(C)C(=O)Cc1coc2ccc3ccccc3c12. The van der Waals surface area contributed by atoms with Crippen molar-refractivity contribution in [2.24, 2.45) is 0 Å². The van der Waals surface area contributed by atoms with Crippen LogP contribution >= 0.6 is 0 Å². The van der Waals surface area contributed by atoms with E-state index >= 15 is 0 Å². The molecular formula is C21H24N2O4. The molecule has 0 fully saturated rings. The largest absolute Gasteiger partial charge is 0.464 e. The second-order valence-corrected chi connectivity index (χ2v) is 6.54. The first-order valence-corrected chi connectivity index (χ1v) is 8.97. The van der Waals surface area contributed by atoms with Crippen molar-refractivity contribution < 1.29 is 18.7 Å². The quantitative estimate of drug-likeness (QED) is 0.621. The molecule has 6 heteroatoms. The van der Waals surface area contributed by atoms with Gasteiger partial charge in [0.15, 0.2) is 0 Å². The number of benzene rings is 2. The van der Waals surface area contributed by atoms with Crippen LogP contribution in [-0.2, 0) is 20.7 Å². The number of likely N-dealkylation sites (N-methyl/N-ethyl adjacent to an activating group) is 1. The summed E-state index contributed by atoms with van der Waals surface area (Å²) in [5.74, 6) is -0.304. The monoisotopic (exact) mass is 368 g/mol. The van der Waals surface area contributed by atoms with Crippen molar-refractivity contribution in [2.45, 2.75) is 12.8 Å². The van der Waals surface area contributed by atoms with Crippen LogP contribution in [0.1, 0.15) is 12.0 Å². The second kappa shape index (κ2) is 8.68. The van der Waals surface area contributed by atoms with E-state index in [-0.39, 0.29) is 24.8 Å². The Kier molecular flexibility index (Phi) is 6.08. The topological polar surface area (TPSA) is 71.8 Å². The summed E-state index contributed by atoms with van der Waals surface area (Å²) >= 11 is 0. The molecule has 1 aromatic heterocycles. The molecule has 0 unspecified atom stereocenters. The lowest BCUT2D eigenvalue weighted by atomic mass is 10.0. The van der Waals surface area contributed by atoms with Gasteiger partial charge in [0.25, 0.3) is 0 Å². The molecule has 142 valence electrons. The third kappa shape index (κ3) is 4.46. The van der Waals surface area contributed by atoms with Gasteiger partial charge in [-0.1, -0.05) is 30.3 Å². The van der Waals surface area contributed by atoms with Gasteiger partial charge in [-0.15, -0.1) is 0 Å². The molecule has 0 saturated carbocycles. The average Bonchev–Trinajstić information content (AvgIpc) is 3.08. The normalized spacial score (nSPS) is 11.0. The summed E-state index contributed by atoms with van der Waals surface area (Å²) in [5.41, 5.74) is 1.59. The third-order valence-electron chi connectivity index (χ3n) is 4.54. The van der Waals surface area contributed by atoms with Crippen LogP contribution in [0.15, 0.2) is 47.1 Å². The molecule has 1 heterocycles. The number of methoxy groups -OCH3 is 1. The van der Waals surface area contributed by atoms with Gasteiger partial charge in [0, 0.05) is 38.3 Å². The Morgan fingerprint density at radius 1 is 1.19 bits per heavy atom. The zero-order valence-electron chi connectivity index (χ0n) is 15.7. The van der Waals surface area contributed by atoms with E-state index in [4.69, 9.17) is 9.15 Å². The first-order valence-electron chi connectivity index (χ1n) is 8.97. The number of hydrogen-bond donors (Lipinski definition) is 1. The van der Waals surface area contributed by atoms with Gasteiger partial charge in [-0.3, -0.25) is 9.59 Å². The molecule has 2 amide bonds. The van der Waals surface area contributed by atoms with Crippen molar-refractivity contribution in [3.63, 3.8) is 0 Å². The van der Waals surface area contributed by atoms with Gasteiger partial charge < -0.3 is 19.4 Å². The molecular weight excluding hydrogens is 344 g/mol. The number of amides is 2.